The molecule has 1 aromatic rings. The van der Waals surface area contributed by atoms with Gasteiger partial charge in [-0.1, -0.05) is 0 Å². The van der Waals surface area contributed by atoms with Crippen molar-refractivity contribution < 1.29 is 9.53 Å². The van der Waals surface area contributed by atoms with E-state index in [0.717, 1.165) is 11.0 Å². The Morgan fingerprint density at radius 3 is 2.74 bits per heavy atom. The number of thiophene rings is 1. The van der Waals surface area contributed by atoms with Gasteiger partial charge in [0.25, 0.3) is 0 Å². The Bertz CT molecular complexity index is 415. The average molecular weight is 349 g/mol. The lowest BCUT2D eigenvalue weighted by atomic mass is 10.2. The van der Waals surface area contributed by atoms with E-state index in [1.807, 2.05) is 39.1 Å². The number of halogens is 1. The third-order valence-electron chi connectivity index (χ3n) is 2.25. The summed E-state index contributed by atoms with van der Waals surface area (Å²) in [6, 6.07) is 2.21. The molecule has 2 N–H and O–H groups in total. The van der Waals surface area contributed by atoms with Crippen molar-refractivity contribution in [3.05, 3.63) is 20.8 Å². The molecule has 0 aliphatic rings. The standard InChI is InChI=1S/C13H21BrN2O2S/c1-9(7-16-12(17)18-13(2,3)4)15-8-11-10(14)5-6-19-11/h5-6,9,15H,7-8H2,1-4H3,(H,16,17). The Balaban J connectivity index is 2.23. The normalized spacial score (nSPS) is 13.1. The number of rotatable bonds is 5. The third kappa shape index (κ3) is 6.94. The fourth-order valence-corrected chi connectivity index (χ4v) is 2.78. The van der Waals surface area contributed by atoms with Crippen LogP contribution in [0.1, 0.15) is 32.6 Å². The van der Waals surface area contributed by atoms with Gasteiger partial charge in [-0.25, -0.2) is 4.79 Å². The van der Waals surface area contributed by atoms with Crippen LogP contribution in [0, 0.1) is 0 Å². The smallest absolute Gasteiger partial charge is 0.407 e. The highest BCUT2D eigenvalue weighted by Gasteiger charge is 2.16. The summed E-state index contributed by atoms with van der Waals surface area (Å²) in [7, 11) is 0. The predicted molar refractivity (Wildman–Crippen MR) is 82.6 cm³/mol. The van der Waals surface area contributed by atoms with Crippen molar-refractivity contribution in [2.24, 2.45) is 0 Å². The van der Waals surface area contributed by atoms with Crippen molar-refractivity contribution in [3.8, 4) is 0 Å². The Morgan fingerprint density at radius 1 is 1.53 bits per heavy atom. The lowest BCUT2D eigenvalue weighted by Gasteiger charge is -2.21. The lowest BCUT2D eigenvalue weighted by molar-refractivity contribution is 0.0523. The highest BCUT2D eigenvalue weighted by molar-refractivity contribution is 9.10. The number of ether oxygens (including phenoxy) is 1. The van der Waals surface area contributed by atoms with E-state index in [9.17, 15) is 4.79 Å². The quantitative estimate of drug-likeness (QED) is 0.855. The Hall–Kier alpha value is -0.590. The molecular weight excluding hydrogens is 328 g/mol. The summed E-state index contributed by atoms with van der Waals surface area (Å²) in [6.07, 6.45) is -0.376. The second-order valence-corrected chi connectivity index (χ2v) is 7.21. The number of alkyl carbamates (subject to hydrolysis) is 1. The molecule has 0 aromatic carbocycles. The summed E-state index contributed by atoms with van der Waals surface area (Å²) in [4.78, 5) is 12.7. The second kappa shape index (κ2) is 7.26. The van der Waals surface area contributed by atoms with Gasteiger partial charge >= 0.3 is 6.09 Å². The van der Waals surface area contributed by atoms with Crippen LogP contribution in [-0.2, 0) is 11.3 Å². The van der Waals surface area contributed by atoms with Crippen molar-refractivity contribution in [3.63, 3.8) is 0 Å². The van der Waals surface area contributed by atoms with Gasteiger partial charge in [-0.05, 0) is 55.1 Å². The first-order chi connectivity index (χ1) is 8.78. The number of carbonyl (C=O) groups is 1. The van der Waals surface area contributed by atoms with E-state index in [1.54, 1.807) is 11.3 Å². The van der Waals surface area contributed by atoms with Gasteiger partial charge in [0.15, 0.2) is 0 Å². The van der Waals surface area contributed by atoms with Gasteiger partial charge in [-0.3, -0.25) is 0 Å². The molecule has 1 rings (SSSR count). The molecule has 108 valence electrons. The Kier molecular flexibility index (Phi) is 6.29. The van der Waals surface area contributed by atoms with E-state index in [0.29, 0.717) is 6.54 Å². The number of amides is 1. The first kappa shape index (κ1) is 16.5. The third-order valence-corrected chi connectivity index (χ3v) is 4.18. The summed E-state index contributed by atoms with van der Waals surface area (Å²) >= 11 is 5.19. The van der Waals surface area contributed by atoms with Crippen molar-refractivity contribution in [1.82, 2.24) is 10.6 Å². The first-order valence-electron chi connectivity index (χ1n) is 6.20. The summed E-state index contributed by atoms with van der Waals surface area (Å²) in [6.45, 7) is 8.90. The van der Waals surface area contributed by atoms with E-state index in [2.05, 4.69) is 26.6 Å². The zero-order valence-corrected chi connectivity index (χ0v) is 14.2. The molecule has 19 heavy (non-hydrogen) atoms. The van der Waals surface area contributed by atoms with Crippen LogP contribution in [0.25, 0.3) is 0 Å². The van der Waals surface area contributed by atoms with Gasteiger partial charge in [0.2, 0.25) is 0 Å². The maximum Gasteiger partial charge on any atom is 0.407 e. The van der Waals surface area contributed by atoms with Crippen LogP contribution in [-0.4, -0.2) is 24.3 Å². The van der Waals surface area contributed by atoms with Crippen LogP contribution in [0.3, 0.4) is 0 Å². The fourth-order valence-electron chi connectivity index (χ4n) is 1.34. The van der Waals surface area contributed by atoms with E-state index in [-0.39, 0.29) is 12.1 Å². The number of carbonyl (C=O) groups excluding carboxylic acids is 1. The van der Waals surface area contributed by atoms with Gasteiger partial charge in [0.05, 0.1) is 0 Å². The SMILES string of the molecule is CC(CNC(=O)OC(C)(C)C)NCc1sccc1Br. The predicted octanol–water partition coefficient (Wildman–Crippen LogP) is 3.51. The minimum atomic E-state index is -0.456. The molecule has 0 aliphatic heterocycles. The summed E-state index contributed by atoms with van der Waals surface area (Å²) in [5, 5.41) is 8.15. The molecule has 0 bridgehead atoms. The molecule has 4 nitrogen and oxygen atoms in total. The van der Waals surface area contributed by atoms with Crippen molar-refractivity contribution >= 4 is 33.4 Å². The van der Waals surface area contributed by atoms with E-state index < -0.39 is 5.60 Å². The Morgan fingerprint density at radius 2 is 2.21 bits per heavy atom. The first-order valence-corrected chi connectivity index (χ1v) is 7.87. The largest absolute Gasteiger partial charge is 0.444 e. The molecule has 1 amide bonds. The van der Waals surface area contributed by atoms with Crippen LogP contribution in [0.2, 0.25) is 0 Å². The van der Waals surface area contributed by atoms with Gasteiger partial charge in [0, 0.05) is 28.5 Å². The number of hydrogen-bond acceptors (Lipinski definition) is 4. The fraction of sp³-hybridized carbons (Fsp3) is 0.615. The molecular formula is C13H21BrN2O2S. The summed E-state index contributed by atoms with van der Waals surface area (Å²) in [5.74, 6) is 0. The van der Waals surface area contributed by atoms with Crippen LogP contribution < -0.4 is 10.6 Å². The van der Waals surface area contributed by atoms with Crippen molar-refractivity contribution in [1.29, 1.82) is 0 Å². The van der Waals surface area contributed by atoms with Crippen molar-refractivity contribution in [2.45, 2.75) is 45.9 Å². The van der Waals surface area contributed by atoms with E-state index >= 15 is 0 Å². The summed E-state index contributed by atoms with van der Waals surface area (Å²) in [5.41, 5.74) is -0.456. The topological polar surface area (TPSA) is 50.4 Å². The maximum absolute atomic E-state index is 11.5. The average Bonchev–Trinajstić information content (AvgIpc) is 2.67. The monoisotopic (exact) mass is 348 g/mol. The minimum absolute atomic E-state index is 0.182. The molecule has 0 saturated heterocycles. The molecule has 0 saturated carbocycles. The molecule has 0 fully saturated rings. The Labute approximate surface area is 127 Å². The van der Waals surface area contributed by atoms with Gasteiger partial charge in [-0.15, -0.1) is 11.3 Å². The molecule has 6 heteroatoms. The highest BCUT2D eigenvalue weighted by Crippen LogP contribution is 2.22. The van der Waals surface area contributed by atoms with Crippen LogP contribution in [0.15, 0.2) is 15.9 Å². The lowest BCUT2D eigenvalue weighted by Crippen LogP contribution is -2.40. The van der Waals surface area contributed by atoms with Crippen LogP contribution in [0.5, 0.6) is 0 Å². The van der Waals surface area contributed by atoms with Crippen molar-refractivity contribution in [2.75, 3.05) is 6.54 Å². The highest BCUT2D eigenvalue weighted by atomic mass is 79.9. The van der Waals surface area contributed by atoms with Crippen LogP contribution >= 0.6 is 27.3 Å². The molecule has 1 aromatic heterocycles. The van der Waals surface area contributed by atoms with E-state index in [4.69, 9.17) is 4.74 Å². The van der Waals surface area contributed by atoms with Gasteiger partial charge in [0.1, 0.15) is 5.60 Å². The summed E-state index contributed by atoms with van der Waals surface area (Å²) < 4.78 is 6.30. The minimum Gasteiger partial charge on any atom is -0.444 e. The zero-order chi connectivity index (χ0) is 14.5. The molecule has 1 atom stereocenters. The molecule has 0 spiro atoms. The number of hydrogen-bond donors (Lipinski definition) is 2. The van der Waals surface area contributed by atoms with E-state index in [1.165, 1.54) is 4.88 Å². The van der Waals surface area contributed by atoms with Crippen LogP contribution in [0.4, 0.5) is 4.79 Å². The number of nitrogens with one attached hydrogen (secondary N) is 2. The molecule has 0 aliphatic carbocycles. The maximum atomic E-state index is 11.5. The molecule has 1 unspecified atom stereocenters. The molecule has 1 heterocycles. The van der Waals surface area contributed by atoms with Gasteiger partial charge in [-0.2, -0.15) is 0 Å². The molecule has 0 radical (unpaired) electrons. The van der Waals surface area contributed by atoms with Gasteiger partial charge < -0.3 is 15.4 Å². The second-order valence-electron chi connectivity index (χ2n) is 5.36. The zero-order valence-electron chi connectivity index (χ0n) is 11.7.